The van der Waals surface area contributed by atoms with Crippen LogP contribution in [0.4, 0.5) is 22.0 Å². The Labute approximate surface area is 371 Å². The molecule has 4 N–H and O–H groups in total. The van der Waals surface area contributed by atoms with Gasteiger partial charge in [0.15, 0.2) is 0 Å². The quantitative estimate of drug-likeness (QED) is 0.00701. The molecule has 0 fully saturated rings. The molecule has 0 aliphatic rings. The summed E-state index contributed by atoms with van der Waals surface area (Å²) in [6, 6.07) is 0. The van der Waals surface area contributed by atoms with Gasteiger partial charge in [-0.15, -0.1) is 0 Å². The van der Waals surface area contributed by atoms with Gasteiger partial charge in [0.25, 0.3) is 0 Å². The fourth-order valence-electron chi connectivity index (χ4n) is 5.69. The number of amides is 4. The highest BCUT2D eigenvalue weighted by Gasteiger charge is 2.34. The number of rotatable bonds is 38. The number of carbonyl (C=O) groups is 5. The number of halogens is 5. The molecule has 0 bridgehead atoms. The third-order valence-electron chi connectivity index (χ3n) is 9.16. The van der Waals surface area contributed by atoms with E-state index >= 15 is 0 Å². The van der Waals surface area contributed by atoms with Crippen LogP contribution in [0.5, 0.6) is 5.75 Å². The lowest BCUT2D eigenvalue weighted by Crippen LogP contribution is -2.50. The highest BCUT2D eigenvalue weighted by atomic mass is 19.2. The molecule has 1 aromatic carbocycles. The second-order valence-electron chi connectivity index (χ2n) is 14.1. The van der Waals surface area contributed by atoms with Gasteiger partial charge in [-0.05, 0) is 74.4 Å². The number of nitrogens with zero attached hydrogens (tertiary/aromatic N) is 9. The minimum absolute atomic E-state index is 0.00895. The monoisotopic (exact) mass is 933 g/mol. The molecule has 0 atom stereocenters. The van der Waals surface area contributed by atoms with Crippen LogP contribution in [0.25, 0.3) is 31.3 Å². The van der Waals surface area contributed by atoms with E-state index in [0.717, 1.165) is 0 Å². The Morgan fingerprint density at radius 2 is 0.831 bits per heavy atom. The van der Waals surface area contributed by atoms with E-state index in [1.807, 2.05) is 0 Å². The van der Waals surface area contributed by atoms with Crippen molar-refractivity contribution in [1.29, 1.82) is 0 Å². The number of hydrogen-bond acceptors (Lipinski definition) is 12. The molecule has 65 heavy (non-hydrogen) atoms. The fraction of sp³-hybridized carbons (Fsp3) is 0.711. The smallest absolute Gasteiger partial charge is 0.313 e. The molecule has 0 aliphatic carbocycles. The Kier molecular flexibility index (Phi) is 31.1. The van der Waals surface area contributed by atoms with Crippen molar-refractivity contribution in [1.82, 2.24) is 21.3 Å². The summed E-state index contributed by atoms with van der Waals surface area (Å²) in [5.74, 6) is -16.0. The predicted molar refractivity (Wildman–Crippen MR) is 221 cm³/mol. The van der Waals surface area contributed by atoms with E-state index < -0.39 is 58.7 Å². The van der Waals surface area contributed by atoms with Crippen molar-refractivity contribution in [3.8, 4) is 5.75 Å². The SMILES string of the molecule is [N-]=[N+]=NCCCCNC(=O)CCC(CCC(=O)NCCCCN=[N+]=[N-])(CCC(=O)NCCCCN=[N+]=[N-])NC(=O)CCOCCOCCOCCC(=O)Oc1c(F)c(F)c(F)c(F)c1F. The molecule has 0 aliphatic heterocycles. The fourth-order valence-corrected chi connectivity index (χ4v) is 5.69. The second-order valence-corrected chi connectivity index (χ2v) is 14.1. The molecule has 0 spiro atoms. The largest absolute Gasteiger partial charge is 0.420 e. The standard InChI is InChI=1S/C38H56F5N13O9/c39-32-33(40)35(42)37(36(43)34(32)41)65-31(61)11-22-63-24-26-64-25-23-62-21-10-30(60)53-38(12-7-27(57)47-15-1-4-18-50-54-44,13-8-28(58)48-16-2-5-19-51-55-45)14-9-29(59)49-17-3-6-20-52-56-46/h1-26H2,(H,47,57)(H,48,58)(H,49,59)(H,53,60). The Hall–Kier alpha value is -5.97. The summed E-state index contributed by atoms with van der Waals surface area (Å²) in [6.07, 6.45) is 2.68. The highest BCUT2D eigenvalue weighted by Crippen LogP contribution is 2.29. The summed E-state index contributed by atoms with van der Waals surface area (Å²) < 4.78 is 87.6. The van der Waals surface area contributed by atoms with Crippen LogP contribution in [0.3, 0.4) is 0 Å². The molecule has 22 nitrogen and oxygen atoms in total. The lowest BCUT2D eigenvalue weighted by atomic mass is 9.83. The van der Waals surface area contributed by atoms with E-state index in [2.05, 4.69) is 56.1 Å². The van der Waals surface area contributed by atoms with Crippen LogP contribution in [-0.4, -0.2) is 114 Å². The topological polar surface area (TPSA) is 317 Å². The minimum atomic E-state index is -2.40. The van der Waals surface area contributed by atoms with Gasteiger partial charge in [-0.3, -0.25) is 24.0 Å². The number of hydrogen-bond donors (Lipinski definition) is 4. The van der Waals surface area contributed by atoms with E-state index in [1.54, 1.807) is 0 Å². The van der Waals surface area contributed by atoms with Crippen molar-refractivity contribution < 1.29 is 64.9 Å². The molecule has 1 aromatic rings. The summed E-state index contributed by atoms with van der Waals surface area (Å²) >= 11 is 0. The minimum Gasteiger partial charge on any atom is -0.420 e. The predicted octanol–water partition coefficient (Wildman–Crippen LogP) is 5.93. The van der Waals surface area contributed by atoms with Crippen LogP contribution in [0.2, 0.25) is 0 Å². The van der Waals surface area contributed by atoms with Gasteiger partial charge in [0, 0.05) is 85.2 Å². The number of azide groups is 3. The first kappa shape index (κ1) is 57.0. The molecule has 0 saturated carbocycles. The normalized spacial score (nSPS) is 11.5. The second kappa shape index (κ2) is 35.4. The van der Waals surface area contributed by atoms with E-state index in [-0.39, 0.29) is 122 Å². The summed E-state index contributed by atoms with van der Waals surface area (Å²) in [6.45, 7) is 1.43. The molecule has 27 heteroatoms. The number of benzene rings is 1. The van der Waals surface area contributed by atoms with Gasteiger partial charge in [-0.25, -0.2) is 13.2 Å². The van der Waals surface area contributed by atoms with Gasteiger partial charge >= 0.3 is 5.97 Å². The summed E-state index contributed by atoms with van der Waals surface area (Å²) in [5.41, 5.74) is 24.2. The Balaban J connectivity index is 2.76. The molecule has 0 saturated heterocycles. The molecule has 362 valence electrons. The molecule has 0 heterocycles. The van der Waals surface area contributed by atoms with Crippen molar-refractivity contribution in [2.45, 2.75) is 95.4 Å². The van der Waals surface area contributed by atoms with Gasteiger partial charge in [-0.2, -0.15) is 8.78 Å². The van der Waals surface area contributed by atoms with E-state index in [0.29, 0.717) is 58.2 Å². The molecule has 0 aromatic heterocycles. The van der Waals surface area contributed by atoms with Gasteiger partial charge in [0.1, 0.15) is 0 Å². The van der Waals surface area contributed by atoms with E-state index in [1.165, 1.54) is 0 Å². The average molecular weight is 934 g/mol. The average Bonchev–Trinajstić information content (AvgIpc) is 3.29. The van der Waals surface area contributed by atoms with Crippen molar-refractivity contribution >= 4 is 29.6 Å². The molecule has 0 unspecified atom stereocenters. The number of ether oxygens (including phenoxy) is 4. The number of carbonyl (C=O) groups excluding carboxylic acids is 5. The number of unbranched alkanes of at least 4 members (excludes halogenated alkanes) is 3. The lowest BCUT2D eigenvalue weighted by molar-refractivity contribution is -0.136. The molecular formula is C38H56F5N13O9. The molecular weight excluding hydrogens is 877 g/mol. The Morgan fingerprint density at radius 1 is 0.477 bits per heavy atom. The molecule has 4 amide bonds. The molecule has 1 rings (SSSR count). The van der Waals surface area contributed by atoms with E-state index in [4.69, 9.17) is 30.8 Å². The zero-order valence-corrected chi connectivity index (χ0v) is 36.0. The van der Waals surface area contributed by atoms with Gasteiger partial charge in [-0.1, -0.05) is 15.3 Å². The van der Waals surface area contributed by atoms with Crippen molar-refractivity contribution in [2.75, 3.05) is 78.9 Å². The van der Waals surface area contributed by atoms with Crippen LogP contribution in [0, 0.1) is 29.1 Å². The van der Waals surface area contributed by atoms with Gasteiger partial charge in [0.2, 0.25) is 58.5 Å². The van der Waals surface area contributed by atoms with Crippen LogP contribution < -0.4 is 26.0 Å². The number of nitrogens with one attached hydrogen (secondary N) is 4. The van der Waals surface area contributed by atoms with Gasteiger partial charge < -0.3 is 40.2 Å². The highest BCUT2D eigenvalue weighted by molar-refractivity contribution is 5.80. The van der Waals surface area contributed by atoms with Crippen LogP contribution in [0.1, 0.15) is 89.9 Å². The van der Waals surface area contributed by atoms with Gasteiger partial charge in [0.05, 0.1) is 46.1 Å². The zero-order valence-electron chi connectivity index (χ0n) is 36.0. The van der Waals surface area contributed by atoms with Crippen molar-refractivity contribution in [2.24, 2.45) is 15.3 Å². The molecule has 0 radical (unpaired) electrons. The first-order chi connectivity index (χ1) is 31.3. The maximum absolute atomic E-state index is 13.7. The summed E-state index contributed by atoms with van der Waals surface area (Å²) in [7, 11) is 0. The maximum Gasteiger partial charge on any atom is 0.313 e. The van der Waals surface area contributed by atoms with Crippen LogP contribution in [0.15, 0.2) is 15.3 Å². The number of esters is 1. The first-order valence-corrected chi connectivity index (χ1v) is 20.9. The first-order valence-electron chi connectivity index (χ1n) is 20.9. The Bertz CT molecular complexity index is 1680. The van der Waals surface area contributed by atoms with Crippen molar-refractivity contribution in [3.63, 3.8) is 0 Å². The van der Waals surface area contributed by atoms with Crippen LogP contribution in [-0.2, 0) is 38.2 Å². The zero-order chi connectivity index (χ0) is 48.1. The van der Waals surface area contributed by atoms with Crippen molar-refractivity contribution in [3.05, 3.63) is 60.4 Å². The van der Waals surface area contributed by atoms with Crippen LogP contribution >= 0.6 is 0 Å². The Morgan fingerprint density at radius 3 is 1.22 bits per heavy atom. The summed E-state index contributed by atoms with van der Waals surface area (Å²) in [4.78, 5) is 72.0. The lowest BCUT2D eigenvalue weighted by Gasteiger charge is -2.35. The van der Waals surface area contributed by atoms with E-state index in [9.17, 15) is 45.9 Å². The third kappa shape index (κ3) is 26.4. The third-order valence-corrected chi connectivity index (χ3v) is 9.16. The maximum atomic E-state index is 13.7. The summed E-state index contributed by atoms with van der Waals surface area (Å²) in [5, 5.41) is 21.7.